The monoisotopic (exact) mass is 666 g/mol. The summed E-state index contributed by atoms with van der Waals surface area (Å²) in [6, 6.07) is 61.2. The van der Waals surface area contributed by atoms with E-state index in [9.17, 15) is 5.11 Å². The minimum absolute atomic E-state index is 0.233. The molecule has 0 saturated heterocycles. The van der Waals surface area contributed by atoms with E-state index in [1.807, 2.05) is 36.4 Å². The van der Waals surface area contributed by atoms with Crippen molar-refractivity contribution >= 4 is 65.6 Å². The SMILES string of the molecule is Oc1c(-c2ccc3c(c2)c2ccccc2n3-c2ccccc2)cc2oc3ccccc3c2c1-c1ccc2c(c1)c1ccccc1n2-c1ccccc1. The molecule has 0 unspecified atom stereocenters. The van der Waals surface area contributed by atoms with Crippen LogP contribution in [0.25, 0.3) is 99.2 Å². The molecule has 1 N–H and O–H groups in total. The lowest BCUT2D eigenvalue weighted by molar-refractivity contribution is 0.480. The van der Waals surface area contributed by atoms with Crippen molar-refractivity contribution < 1.29 is 9.52 Å². The zero-order chi connectivity index (χ0) is 34.3. The van der Waals surface area contributed by atoms with Crippen LogP contribution in [0.1, 0.15) is 0 Å². The number of aromatic nitrogens is 2. The van der Waals surface area contributed by atoms with Gasteiger partial charge in [0.2, 0.25) is 0 Å². The topological polar surface area (TPSA) is 43.2 Å². The maximum atomic E-state index is 12.6. The fourth-order valence-corrected chi connectivity index (χ4v) is 8.36. The molecular formula is C48H30N2O2. The Morgan fingerprint density at radius 1 is 0.385 bits per heavy atom. The number of rotatable bonds is 4. The number of fused-ring (bicyclic) bond motifs is 9. The lowest BCUT2D eigenvalue weighted by Crippen LogP contribution is -1.93. The summed E-state index contributed by atoms with van der Waals surface area (Å²) in [5, 5.41) is 19.0. The third-order valence-electron chi connectivity index (χ3n) is 10.6. The van der Waals surface area contributed by atoms with Gasteiger partial charge >= 0.3 is 0 Å². The van der Waals surface area contributed by atoms with Crippen LogP contribution in [0.4, 0.5) is 0 Å². The molecule has 8 aromatic carbocycles. The number of nitrogens with zero attached hydrogens (tertiary/aromatic N) is 2. The Hall–Kier alpha value is -7.04. The van der Waals surface area contributed by atoms with Crippen molar-refractivity contribution in [3.63, 3.8) is 0 Å². The Kier molecular flexibility index (Phi) is 6.07. The molecule has 0 atom stereocenters. The molecule has 52 heavy (non-hydrogen) atoms. The molecule has 0 amide bonds. The summed E-state index contributed by atoms with van der Waals surface area (Å²) in [4.78, 5) is 0. The second-order valence-corrected chi connectivity index (χ2v) is 13.5. The Bertz CT molecular complexity index is 3180. The van der Waals surface area contributed by atoms with Crippen molar-refractivity contribution in [2.24, 2.45) is 0 Å². The first-order chi connectivity index (χ1) is 25.7. The van der Waals surface area contributed by atoms with Gasteiger partial charge in [0.25, 0.3) is 0 Å². The Labute approximate surface area is 298 Å². The standard InChI is InChI=1S/C48H30N2O2/c51-48-37(30-23-25-42-38(27-30)34-17-7-10-20-40(34)49(42)32-13-3-1-4-14-32)29-45-47(36-19-9-12-22-44(36)52-45)46(48)31-24-26-43-39(28-31)35-18-8-11-21-41(35)50(43)33-15-5-2-6-16-33/h1-29,51H. The number of furan rings is 1. The van der Waals surface area contributed by atoms with Crippen LogP contribution in [0, 0.1) is 0 Å². The summed E-state index contributed by atoms with van der Waals surface area (Å²) in [5.41, 5.74) is 11.6. The molecule has 4 heteroatoms. The summed E-state index contributed by atoms with van der Waals surface area (Å²) < 4.78 is 11.2. The number of hydrogen-bond donors (Lipinski definition) is 1. The van der Waals surface area contributed by atoms with Crippen LogP contribution in [0.3, 0.4) is 0 Å². The van der Waals surface area contributed by atoms with Crippen molar-refractivity contribution in [3.8, 4) is 39.4 Å². The molecule has 0 bridgehead atoms. The van der Waals surface area contributed by atoms with Gasteiger partial charge in [0.15, 0.2) is 0 Å². The van der Waals surface area contributed by atoms with Crippen molar-refractivity contribution in [1.29, 1.82) is 0 Å². The summed E-state index contributed by atoms with van der Waals surface area (Å²) >= 11 is 0. The molecule has 3 heterocycles. The Balaban J connectivity index is 1.19. The number of phenols is 1. The molecule has 0 aliphatic carbocycles. The van der Waals surface area contributed by atoms with Crippen molar-refractivity contribution in [1.82, 2.24) is 9.13 Å². The number of para-hydroxylation sites is 5. The van der Waals surface area contributed by atoms with Crippen molar-refractivity contribution in [2.45, 2.75) is 0 Å². The molecule has 0 saturated carbocycles. The highest BCUT2D eigenvalue weighted by Crippen LogP contribution is 2.49. The zero-order valence-electron chi connectivity index (χ0n) is 28.0. The highest BCUT2D eigenvalue weighted by Gasteiger charge is 2.23. The highest BCUT2D eigenvalue weighted by molar-refractivity contribution is 6.18. The average molecular weight is 667 g/mol. The average Bonchev–Trinajstić information content (AvgIpc) is 3.85. The van der Waals surface area contributed by atoms with Crippen molar-refractivity contribution in [2.75, 3.05) is 0 Å². The largest absolute Gasteiger partial charge is 0.507 e. The summed E-state index contributed by atoms with van der Waals surface area (Å²) in [6.45, 7) is 0. The molecule has 11 aromatic rings. The predicted octanol–water partition coefficient (Wildman–Crippen LogP) is 12.8. The lowest BCUT2D eigenvalue weighted by Gasteiger charge is -2.14. The van der Waals surface area contributed by atoms with Crippen LogP contribution >= 0.6 is 0 Å². The lowest BCUT2D eigenvalue weighted by atomic mass is 9.92. The normalized spacial score (nSPS) is 11.9. The van der Waals surface area contributed by atoms with Gasteiger partial charge in [-0.25, -0.2) is 0 Å². The minimum atomic E-state index is 0.233. The van der Waals surface area contributed by atoms with Gasteiger partial charge in [-0.1, -0.05) is 103 Å². The van der Waals surface area contributed by atoms with Crippen LogP contribution in [0.15, 0.2) is 180 Å². The van der Waals surface area contributed by atoms with E-state index in [0.29, 0.717) is 0 Å². The summed E-state index contributed by atoms with van der Waals surface area (Å²) in [6.07, 6.45) is 0. The van der Waals surface area contributed by atoms with Gasteiger partial charge in [0.05, 0.1) is 22.1 Å². The first-order valence-electron chi connectivity index (χ1n) is 17.6. The molecule has 0 aliphatic heterocycles. The van der Waals surface area contributed by atoms with Crippen LogP contribution in [0.2, 0.25) is 0 Å². The maximum Gasteiger partial charge on any atom is 0.136 e. The fraction of sp³-hybridized carbons (Fsp3) is 0. The molecule has 0 radical (unpaired) electrons. The number of benzene rings is 8. The number of hydrogen-bond acceptors (Lipinski definition) is 2. The smallest absolute Gasteiger partial charge is 0.136 e. The van der Waals surface area contributed by atoms with Gasteiger partial charge < -0.3 is 18.7 Å². The summed E-state index contributed by atoms with van der Waals surface area (Å²) in [7, 11) is 0. The first kappa shape index (κ1) is 28.8. The van der Waals surface area contributed by atoms with Crippen LogP contribution in [-0.2, 0) is 0 Å². The number of phenolic OH excluding ortho intramolecular Hbond substituents is 1. The second-order valence-electron chi connectivity index (χ2n) is 13.5. The Morgan fingerprint density at radius 3 is 1.48 bits per heavy atom. The van der Waals surface area contributed by atoms with Crippen LogP contribution < -0.4 is 0 Å². The maximum absolute atomic E-state index is 12.6. The molecule has 244 valence electrons. The molecule has 0 spiro atoms. The van der Waals surface area contributed by atoms with Gasteiger partial charge in [-0.05, 0) is 83.9 Å². The quantitative estimate of drug-likeness (QED) is 0.203. The van der Waals surface area contributed by atoms with Crippen LogP contribution in [0.5, 0.6) is 5.75 Å². The van der Waals surface area contributed by atoms with E-state index < -0.39 is 0 Å². The zero-order valence-corrected chi connectivity index (χ0v) is 28.0. The molecule has 0 aliphatic rings. The summed E-state index contributed by atoms with van der Waals surface area (Å²) in [5.74, 6) is 0.233. The van der Waals surface area contributed by atoms with E-state index in [2.05, 4.69) is 149 Å². The van der Waals surface area contributed by atoms with Gasteiger partial charge in [-0.2, -0.15) is 0 Å². The fourth-order valence-electron chi connectivity index (χ4n) is 8.36. The third kappa shape index (κ3) is 4.09. The molecule has 0 fully saturated rings. The third-order valence-corrected chi connectivity index (χ3v) is 10.6. The minimum Gasteiger partial charge on any atom is -0.507 e. The van der Waals surface area contributed by atoms with E-state index in [1.54, 1.807) is 0 Å². The van der Waals surface area contributed by atoms with Gasteiger partial charge in [-0.15, -0.1) is 0 Å². The highest BCUT2D eigenvalue weighted by atomic mass is 16.3. The van der Waals surface area contributed by atoms with E-state index in [0.717, 1.165) is 99.2 Å². The number of aromatic hydroxyl groups is 1. The Morgan fingerprint density at radius 2 is 0.865 bits per heavy atom. The van der Waals surface area contributed by atoms with Crippen LogP contribution in [-0.4, -0.2) is 14.2 Å². The van der Waals surface area contributed by atoms with Crippen molar-refractivity contribution in [3.05, 3.63) is 176 Å². The van der Waals surface area contributed by atoms with E-state index in [4.69, 9.17) is 4.42 Å². The molecular weight excluding hydrogens is 637 g/mol. The van der Waals surface area contributed by atoms with E-state index >= 15 is 0 Å². The van der Waals surface area contributed by atoms with Gasteiger partial charge in [0, 0.05) is 54.8 Å². The molecule has 11 rings (SSSR count). The first-order valence-corrected chi connectivity index (χ1v) is 17.6. The van der Waals surface area contributed by atoms with Gasteiger partial charge in [0.1, 0.15) is 16.9 Å². The van der Waals surface area contributed by atoms with E-state index in [1.165, 1.54) is 0 Å². The van der Waals surface area contributed by atoms with E-state index in [-0.39, 0.29) is 5.75 Å². The second kappa shape index (κ2) is 11.0. The van der Waals surface area contributed by atoms with Gasteiger partial charge in [-0.3, -0.25) is 0 Å². The predicted molar refractivity (Wildman–Crippen MR) is 215 cm³/mol. The molecule has 3 aromatic heterocycles. The molecule has 4 nitrogen and oxygen atoms in total.